The van der Waals surface area contributed by atoms with Crippen molar-refractivity contribution in [2.75, 3.05) is 6.61 Å². The number of Topliss-reactive ketones (excluding diaryl/α,β-unsaturated/α-hetero) is 1. The first kappa shape index (κ1) is 9.46. The molecule has 14 heavy (non-hydrogen) atoms. The Balaban J connectivity index is 2.46. The second kappa shape index (κ2) is 3.58. The minimum absolute atomic E-state index is 0.149. The van der Waals surface area contributed by atoms with Crippen LogP contribution in [0.5, 0.6) is 0 Å². The molecule has 1 N–H and O–H groups in total. The van der Waals surface area contributed by atoms with Gasteiger partial charge in [-0.3, -0.25) is 4.79 Å². The van der Waals surface area contributed by atoms with Crippen molar-refractivity contribution < 1.29 is 9.90 Å². The Morgan fingerprint density at radius 1 is 1.50 bits per heavy atom. The van der Waals surface area contributed by atoms with Crippen LogP contribution in [0.15, 0.2) is 6.20 Å². The molecule has 0 aromatic carbocycles. The number of aliphatic hydroxyl groups is 1. The average Bonchev–Trinajstić information content (AvgIpc) is 2.56. The average molecular weight is 193 g/mol. The van der Waals surface area contributed by atoms with Crippen molar-refractivity contribution in [2.24, 2.45) is 7.05 Å². The van der Waals surface area contributed by atoms with Gasteiger partial charge < -0.3 is 9.67 Å². The van der Waals surface area contributed by atoms with Gasteiger partial charge in [0.15, 0.2) is 5.78 Å². The van der Waals surface area contributed by atoms with Crippen LogP contribution in [0.3, 0.4) is 0 Å². The van der Waals surface area contributed by atoms with Crippen molar-refractivity contribution in [3.05, 3.63) is 23.0 Å². The van der Waals surface area contributed by atoms with Crippen LogP contribution in [0.1, 0.15) is 34.5 Å². The quantitative estimate of drug-likeness (QED) is 0.714. The Morgan fingerprint density at radius 2 is 2.21 bits per heavy atom. The van der Waals surface area contributed by atoms with Crippen molar-refractivity contribution >= 4 is 5.78 Å². The number of aromatic nitrogens is 1. The summed E-state index contributed by atoms with van der Waals surface area (Å²) in [7, 11) is 1.97. The number of aliphatic hydroxyl groups excluding tert-OH is 1. The summed E-state index contributed by atoms with van der Waals surface area (Å²) in [5.41, 5.74) is 3.16. The fraction of sp³-hybridized carbons (Fsp3) is 0.545. The molecular weight excluding hydrogens is 178 g/mol. The number of nitrogens with zero attached hydrogens (tertiary/aromatic N) is 1. The molecular formula is C11H15NO2. The summed E-state index contributed by atoms with van der Waals surface area (Å²) in [5.74, 6) is -0.149. The molecule has 0 bridgehead atoms. The largest absolute Gasteiger partial charge is 0.388 e. The van der Waals surface area contributed by atoms with E-state index < -0.39 is 0 Å². The summed E-state index contributed by atoms with van der Waals surface area (Å²) >= 11 is 0. The predicted molar refractivity (Wildman–Crippen MR) is 53.5 cm³/mol. The molecule has 1 heterocycles. The monoisotopic (exact) mass is 193 g/mol. The minimum atomic E-state index is -0.379. The highest BCUT2D eigenvalue weighted by atomic mass is 16.3. The van der Waals surface area contributed by atoms with E-state index in [-0.39, 0.29) is 12.4 Å². The van der Waals surface area contributed by atoms with Crippen LogP contribution >= 0.6 is 0 Å². The topological polar surface area (TPSA) is 42.2 Å². The molecule has 1 aliphatic carbocycles. The van der Waals surface area contributed by atoms with Gasteiger partial charge in [-0.2, -0.15) is 0 Å². The zero-order chi connectivity index (χ0) is 10.1. The highest BCUT2D eigenvalue weighted by Gasteiger charge is 2.20. The second-order valence-electron chi connectivity index (χ2n) is 3.87. The highest BCUT2D eigenvalue weighted by Crippen LogP contribution is 2.25. The lowest BCUT2D eigenvalue weighted by Crippen LogP contribution is -2.09. The zero-order valence-electron chi connectivity index (χ0n) is 8.42. The third-order valence-electron chi connectivity index (χ3n) is 2.96. The van der Waals surface area contributed by atoms with Crippen LogP contribution in [0.4, 0.5) is 0 Å². The molecule has 2 rings (SSSR count). The number of carbonyl (C=O) groups is 1. The second-order valence-corrected chi connectivity index (χ2v) is 3.87. The van der Waals surface area contributed by atoms with Crippen LogP contribution in [0, 0.1) is 0 Å². The highest BCUT2D eigenvalue weighted by molar-refractivity contribution is 5.98. The molecule has 0 radical (unpaired) electrons. The summed E-state index contributed by atoms with van der Waals surface area (Å²) in [4.78, 5) is 11.4. The molecule has 1 aliphatic rings. The van der Waals surface area contributed by atoms with Crippen LogP contribution in [-0.2, 0) is 19.9 Å². The first-order valence-corrected chi connectivity index (χ1v) is 5.05. The molecule has 1 aromatic rings. The minimum Gasteiger partial charge on any atom is -0.388 e. The summed E-state index contributed by atoms with van der Waals surface area (Å²) < 4.78 is 2.03. The molecule has 0 fully saturated rings. The molecule has 3 nitrogen and oxygen atoms in total. The molecule has 0 atom stereocenters. The van der Waals surface area contributed by atoms with E-state index in [1.807, 2.05) is 17.8 Å². The summed E-state index contributed by atoms with van der Waals surface area (Å²) in [6.45, 7) is -0.379. The van der Waals surface area contributed by atoms with E-state index >= 15 is 0 Å². The number of carbonyl (C=O) groups excluding carboxylic acids is 1. The molecule has 0 unspecified atom stereocenters. The lowest BCUT2D eigenvalue weighted by Gasteiger charge is -2.13. The van der Waals surface area contributed by atoms with E-state index in [1.54, 1.807) is 0 Å². The SMILES string of the molecule is Cn1cc(C(=O)CO)c2c1CCCC2. The molecule has 0 saturated heterocycles. The first-order valence-electron chi connectivity index (χ1n) is 5.05. The molecule has 3 heteroatoms. The van der Waals surface area contributed by atoms with Gasteiger partial charge >= 0.3 is 0 Å². The van der Waals surface area contributed by atoms with Gasteiger partial charge in [0.05, 0.1) is 0 Å². The third-order valence-corrected chi connectivity index (χ3v) is 2.96. The van der Waals surface area contributed by atoms with E-state index in [1.165, 1.54) is 12.1 Å². The first-order chi connectivity index (χ1) is 6.74. The van der Waals surface area contributed by atoms with Gasteiger partial charge in [0.1, 0.15) is 6.61 Å². The molecule has 0 aliphatic heterocycles. The van der Waals surface area contributed by atoms with E-state index in [0.29, 0.717) is 0 Å². The van der Waals surface area contributed by atoms with Crippen LogP contribution < -0.4 is 0 Å². The summed E-state index contributed by atoms with van der Waals surface area (Å²) in [5, 5.41) is 8.84. The predicted octanol–water partition coefficient (Wildman–Crippen LogP) is 1.08. The zero-order valence-corrected chi connectivity index (χ0v) is 8.42. The van der Waals surface area contributed by atoms with Gasteiger partial charge in [-0.05, 0) is 31.2 Å². The lowest BCUT2D eigenvalue weighted by atomic mass is 9.94. The molecule has 0 amide bonds. The normalized spacial score (nSPS) is 15.3. The number of aryl methyl sites for hydroxylation is 1. The lowest BCUT2D eigenvalue weighted by molar-refractivity contribution is 0.0902. The smallest absolute Gasteiger partial charge is 0.189 e. The number of ketones is 1. The van der Waals surface area contributed by atoms with Gasteiger partial charge in [-0.1, -0.05) is 0 Å². The standard InChI is InChI=1S/C11H15NO2/c1-12-6-9(11(14)7-13)8-4-2-3-5-10(8)12/h6,13H,2-5,7H2,1H3. The van der Waals surface area contributed by atoms with Gasteiger partial charge in [0.2, 0.25) is 0 Å². The van der Waals surface area contributed by atoms with E-state index in [0.717, 1.165) is 30.4 Å². The van der Waals surface area contributed by atoms with E-state index in [2.05, 4.69) is 0 Å². The Hall–Kier alpha value is -1.09. The molecule has 0 saturated carbocycles. The maximum absolute atomic E-state index is 11.4. The van der Waals surface area contributed by atoms with Crippen molar-refractivity contribution in [1.82, 2.24) is 4.57 Å². The number of hydrogen-bond donors (Lipinski definition) is 1. The van der Waals surface area contributed by atoms with Crippen LogP contribution in [0.2, 0.25) is 0 Å². The van der Waals surface area contributed by atoms with Crippen LogP contribution in [-0.4, -0.2) is 22.1 Å². The Labute approximate surface area is 83.4 Å². The molecule has 1 aromatic heterocycles. The van der Waals surface area contributed by atoms with Crippen molar-refractivity contribution in [2.45, 2.75) is 25.7 Å². The molecule has 76 valence electrons. The van der Waals surface area contributed by atoms with Crippen molar-refractivity contribution in [3.63, 3.8) is 0 Å². The summed E-state index contributed by atoms with van der Waals surface area (Å²) in [6.07, 6.45) is 6.26. The van der Waals surface area contributed by atoms with Gasteiger partial charge in [-0.15, -0.1) is 0 Å². The fourth-order valence-electron chi connectivity index (χ4n) is 2.24. The maximum Gasteiger partial charge on any atom is 0.189 e. The van der Waals surface area contributed by atoms with Crippen molar-refractivity contribution in [3.8, 4) is 0 Å². The van der Waals surface area contributed by atoms with Gasteiger partial charge in [0, 0.05) is 24.5 Å². The van der Waals surface area contributed by atoms with Gasteiger partial charge in [-0.25, -0.2) is 0 Å². The van der Waals surface area contributed by atoms with Crippen LogP contribution in [0.25, 0.3) is 0 Å². The number of rotatable bonds is 2. The molecule has 0 spiro atoms. The van der Waals surface area contributed by atoms with Gasteiger partial charge in [0.25, 0.3) is 0 Å². The Morgan fingerprint density at radius 3 is 2.93 bits per heavy atom. The number of hydrogen-bond acceptors (Lipinski definition) is 2. The Bertz CT molecular complexity index is 366. The van der Waals surface area contributed by atoms with Crippen molar-refractivity contribution in [1.29, 1.82) is 0 Å². The third kappa shape index (κ3) is 1.38. The van der Waals surface area contributed by atoms with E-state index in [4.69, 9.17) is 5.11 Å². The van der Waals surface area contributed by atoms with E-state index in [9.17, 15) is 4.79 Å². The summed E-state index contributed by atoms with van der Waals surface area (Å²) in [6, 6.07) is 0. The fourth-order valence-corrected chi connectivity index (χ4v) is 2.24. The number of fused-ring (bicyclic) bond motifs is 1. The Kier molecular flexibility index (Phi) is 2.42. The maximum atomic E-state index is 11.4.